The largest absolute Gasteiger partial charge is 0.462 e. The lowest BCUT2D eigenvalue weighted by molar-refractivity contribution is -0.160. The predicted molar refractivity (Wildman–Crippen MR) is 75.8 cm³/mol. The van der Waals surface area contributed by atoms with Crippen LogP contribution < -0.4 is 0 Å². The molecule has 2 N–H and O–H groups in total. The van der Waals surface area contributed by atoms with Gasteiger partial charge in [0.25, 0.3) is 0 Å². The van der Waals surface area contributed by atoms with E-state index in [-0.39, 0.29) is 25.1 Å². The van der Waals surface area contributed by atoms with Crippen molar-refractivity contribution in [1.29, 1.82) is 0 Å². The zero-order chi connectivity index (χ0) is 14.9. The summed E-state index contributed by atoms with van der Waals surface area (Å²) in [7, 11) is 0. The monoisotopic (exact) mass is 274 g/mol. The summed E-state index contributed by atoms with van der Waals surface area (Å²) in [6.07, 6.45) is 4.80. The van der Waals surface area contributed by atoms with E-state index in [1.165, 1.54) is 19.3 Å². The highest BCUT2D eigenvalue weighted by molar-refractivity contribution is 5.76. The van der Waals surface area contributed by atoms with Crippen molar-refractivity contribution in [3.8, 4) is 0 Å². The molecule has 114 valence electrons. The van der Waals surface area contributed by atoms with Gasteiger partial charge in [-0.1, -0.05) is 39.5 Å². The molecule has 4 nitrogen and oxygen atoms in total. The Morgan fingerprint density at radius 3 is 2.42 bits per heavy atom. The maximum Gasteiger partial charge on any atom is 0.311 e. The molecule has 0 aliphatic carbocycles. The van der Waals surface area contributed by atoms with Crippen LogP contribution in [-0.2, 0) is 9.53 Å². The number of carbonyl (C=O) groups is 1. The molecule has 2 atom stereocenters. The Labute approximate surface area is 117 Å². The molecule has 0 rings (SSSR count). The van der Waals surface area contributed by atoms with Gasteiger partial charge in [0, 0.05) is 0 Å². The topological polar surface area (TPSA) is 66.8 Å². The third-order valence-corrected chi connectivity index (χ3v) is 3.87. The lowest BCUT2D eigenvalue weighted by Gasteiger charge is -2.29. The summed E-state index contributed by atoms with van der Waals surface area (Å²) in [5, 5.41) is 17.9. The molecule has 0 heterocycles. The molecule has 0 bridgehead atoms. The fourth-order valence-electron chi connectivity index (χ4n) is 1.85. The highest BCUT2D eigenvalue weighted by Crippen LogP contribution is 2.32. The maximum absolute atomic E-state index is 12.0. The van der Waals surface area contributed by atoms with Crippen molar-refractivity contribution in [2.75, 3.05) is 13.2 Å². The number of unbranched alkanes of at least 4 members (excludes halogenated alkanes) is 3. The van der Waals surface area contributed by atoms with Crippen LogP contribution in [0.25, 0.3) is 0 Å². The van der Waals surface area contributed by atoms with Gasteiger partial charge in [-0.3, -0.25) is 4.79 Å². The molecule has 2 unspecified atom stereocenters. The summed E-state index contributed by atoms with van der Waals surface area (Å²) >= 11 is 0. The molecule has 0 saturated heterocycles. The van der Waals surface area contributed by atoms with E-state index < -0.39 is 11.5 Å². The van der Waals surface area contributed by atoms with Crippen LogP contribution in [0.3, 0.4) is 0 Å². The normalized spacial score (nSPS) is 15.1. The zero-order valence-electron chi connectivity index (χ0n) is 12.8. The predicted octanol–water partition coefficient (Wildman–Crippen LogP) is 2.52. The fraction of sp³-hybridized carbons (Fsp3) is 0.933. The van der Waals surface area contributed by atoms with Crippen LogP contribution in [0.15, 0.2) is 0 Å². The Kier molecular flexibility index (Phi) is 9.02. The van der Waals surface area contributed by atoms with Crippen molar-refractivity contribution < 1.29 is 19.7 Å². The molecule has 0 aliphatic rings. The van der Waals surface area contributed by atoms with E-state index >= 15 is 0 Å². The van der Waals surface area contributed by atoms with Crippen LogP contribution in [0.5, 0.6) is 0 Å². The first-order chi connectivity index (χ1) is 8.86. The van der Waals surface area contributed by atoms with Gasteiger partial charge in [0.1, 0.15) is 12.7 Å². The number of aliphatic hydroxyl groups excluding tert-OH is 2. The summed E-state index contributed by atoms with van der Waals surface area (Å²) in [4.78, 5) is 12.0. The van der Waals surface area contributed by atoms with Gasteiger partial charge in [0.05, 0.1) is 12.0 Å². The molecule has 0 saturated carbocycles. The van der Waals surface area contributed by atoms with Crippen molar-refractivity contribution in [3.63, 3.8) is 0 Å². The molecule has 0 aromatic heterocycles. The summed E-state index contributed by atoms with van der Waals surface area (Å²) < 4.78 is 5.06. The minimum absolute atomic E-state index is 0.138. The van der Waals surface area contributed by atoms with Crippen LogP contribution in [0.2, 0.25) is 0 Å². The Hall–Kier alpha value is -0.610. The van der Waals surface area contributed by atoms with Gasteiger partial charge < -0.3 is 14.9 Å². The highest BCUT2D eigenvalue weighted by Gasteiger charge is 2.35. The van der Waals surface area contributed by atoms with E-state index in [4.69, 9.17) is 9.84 Å². The second-order valence-electron chi connectivity index (χ2n) is 5.91. The average Bonchev–Trinajstić information content (AvgIpc) is 2.39. The van der Waals surface area contributed by atoms with Gasteiger partial charge >= 0.3 is 5.97 Å². The van der Waals surface area contributed by atoms with Gasteiger partial charge in [-0.2, -0.15) is 0 Å². The van der Waals surface area contributed by atoms with Crippen molar-refractivity contribution in [1.82, 2.24) is 0 Å². The molecule has 19 heavy (non-hydrogen) atoms. The van der Waals surface area contributed by atoms with Gasteiger partial charge in [-0.15, -0.1) is 0 Å². The second kappa shape index (κ2) is 9.32. The number of hydrogen-bond donors (Lipinski definition) is 2. The number of carbonyl (C=O) groups excluding carboxylic acids is 1. The maximum atomic E-state index is 12.0. The molecule has 0 spiro atoms. The minimum Gasteiger partial charge on any atom is -0.462 e. The third-order valence-electron chi connectivity index (χ3n) is 3.87. The van der Waals surface area contributed by atoms with Gasteiger partial charge in [-0.25, -0.2) is 0 Å². The van der Waals surface area contributed by atoms with E-state index in [0.717, 1.165) is 12.8 Å². The lowest BCUT2D eigenvalue weighted by atomic mass is 9.77. The second-order valence-corrected chi connectivity index (χ2v) is 5.91. The Bertz CT molecular complexity index is 251. The SMILES string of the molecule is CCCCCCC(C)C(C)(C)C(=O)OCC(O)CO. The Morgan fingerprint density at radius 1 is 1.26 bits per heavy atom. The Balaban J connectivity index is 4.14. The van der Waals surface area contributed by atoms with E-state index in [9.17, 15) is 9.90 Å². The number of esters is 1. The van der Waals surface area contributed by atoms with Crippen LogP contribution in [0, 0.1) is 11.3 Å². The molecular weight excluding hydrogens is 244 g/mol. The lowest BCUT2D eigenvalue weighted by Crippen LogP contribution is -2.35. The van der Waals surface area contributed by atoms with Crippen LogP contribution in [0.4, 0.5) is 0 Å². The fourth-order valence-corrected chi connectivity index (χ4v) is 1.85. The summed E-state index contributed by atoms with van der Waals surface area (Å²) in [5.41, 5.74) is -0.554. The first kappa shape index (κ1) is 18.4. The molecular formula is C15H30O4. The molecule has 0 amide bonds. The molecule has 0 radical (unpaired) electrons. The van der Waals surface area contributed by atoms with Crippen LogP contribution in [0.1, 0.15) is 59.8 Å². The van der Waals surface area contributed by atoms with E-state index in [2.05, 4.69) is 13.8 Å². The van der Waals surface area contributed by atoms with Crippen molar-refractivity contribution >= 4 is 5.97 Å². The Morgan fingerprint density at radius 2 is 1.89 bits per heavy atom. The minimum atomic E-state index is -0.986. The molecule has 4 heteroatoms. The van der Waals surface area contributed by atoms with Crippen molar-refractivity contribution in [3.05, 3.63) is 0 Å². The number of hydrogen-bond acceptors (Lipinski definition) is 4. The number of rotatable bonds is 10. The van der Waals surface area contributed by atoms with E-state index in [1.807, 2.05) is 13.8 Å². The summed E-state index contributed by atoms with van der Waals surface area (Å²) in [6, 6.07) is 0. The molecule has 0 aromatic carbocycles. The van der Waals surface area contributed by atoms with Crippen molar-refractivity contribution in [2.45, 2.75) is 65.9 Å². The van der Waals surface area contributed by atoms with E-state index in [0.29, 0.717) is 0 Å². The van der Waals surface area contributed by atoms with Gasteiger partial charge in [-0.05, 0) is 26.2 Å². The first-order valence-electron chi connectivity index (χ1n) is 7.32. The van der Waals surface area contributed by atoms with Crippen LogP contribution >= 0.6 is 0 Å². The first-order valence-corrected chi connectivity index (χ1v) is 7.32. The molecule has 0 aromatic rings. The zero-order valence-corrected chi connectivity index (χ0v) is 12.8. The van der Waals surface area contributed by atoms with Crippen molar-refractivity contribution in [2.24, 2.45) is 11.3 Å². The summed E-state index contributed by atoms with van der Waals surface area (Å²) in [5.74, 6) is -0.0638. The smallest absolute Gasteiger partial charge is 0.311 e. The molecule has 0 fully saturated rings. The molecule has 0 aliphatic heterocycles. The van der Waals surface area contributed by atoms with E-state index in [1.54, 1.807) is 0 Å². The average molecular weight is 274 g/mol. The van der Waals surface area contributed by atoms with Gasteiger partial charge in [0.2, 0.25) is 0 Å². The number of aliphatic hydroxyl groups is 2. The van der Waals surface area contributed by atoms with Crippen LogP contribution in [-0.4, -0.2) is 35.5 Å². The number of ether oxygens (including phenoxy) is 1. The van der Waals surface area contributed by atoms with Gasteiger partial charge in [0.15, 0.2) is 0 Å². The highest BCUT2D eigenvalue weighted by atomic mass is 16.5. The quantitative estimate of drug-likeness (QED) is 0.474. The summed E-state index contributed by atoms with van der Waals surface area (Å²) in [6.45, 7) is 7.48. The standard InChI is InChI=1S/C15H30O4/c1-5-6-7-8-9-12(2)15(3,4)14(18)19-11-13(17)10-16/h12-13,16-17H,5-11H2,1-4H3. The third kappa shape index (κ3) is 6.92.